The predicted molar refractivity (Wildman–Crippen MR) is 101 cm³/mol. The molecule has 0 heterocycles. The fourth-order valence-electron chi connectivity index (χ4n) is 4.07. The molecule has 0 aliphatic heterocycles. The molecule has 4 heteroatoms. The van der Waals surface area contributed by atoms with E-state index in [-0.39, 0.29) is 11.8 Å². The number of unbranched alkanes of at least 4 members (excludes halogenated alkanes) is 4. The van der Waals surface area contributed by atoms with Gasteiger partial charge >= 0.3 is 5.97 Å². The van der Waals surface area contributed by atoms with E-state index in [0.717, 1.165) is 51.4 Å². The molecule has 4 nitrogen and oxygen atoms in total. The zero-order valence-electron chi connectivity index (χ0n) is 16.3. The van der Waals surface area contributed by atoms with Crippen LogP contribution < -0.4 is 0 Å². The van der Waals surface area contributed by atoms with Crippen molar-refractivity contribution in [1.82, 2.24) is 0 Å². The van der Waals surface area contributed by atoms with Gasteiger partial charge in [0, 0.05) is 5.92 Å². The summed E-state index contributed by atoms with van der Waals surface area (Å²) in [7, 11) is 0. The van der Waals surface area contributed by atoms with Crippen molar-refractivity contribution in [2.24, 2.45) is 17.8 Å². The number of allylic oxidation sites excluding steroid dienone is 1. The molecular weight excluding hydrogens is 316 g/mol. The molecule has 25 heavy (non-hydrogen) atoms. The van der Waals surface area contributed by atoms with Crippen LogP contribution in [-0.4, -0.2) is 33.0 Å². The Kier molecular flexibility index (Phi) is 9.73. The summed E-state index contributed by atoms with van der Waals surface area (Å²) in [5, 5.41) is 30.5. The van der Waals surface area contributed by atoms with Gasteiger partial charge in [0.25, 0.3) is 0 Å². The third-order valence-corrected chi connectivity index (χ3v) is 5.62. The van der Waals surface area contributed by atoms with E-state index in [1.165, 1.54) is 0 Å². The first kappa shape index (κ1) is 22.2. The number of aliphatic hydroxyl groups is 2. The van der Waals surface area contributed by atoms with Crippen molar-refractivity contribution in [2.45, 2.75) is 96.7 Å². The summed E-state index contributed by atoms with van der Waals surface area (Å²) >= 11 is 0. The Labute approximate surface area is 153 Å². The maximum atomic E-state index is 11.8. The average Bonchev–Trinajstić information content (AvgIpc) is 2.90. The molecule has 1 rings (SSSR count). The first-order valence-electron chi connectivity index (χ1n) is 10.1. The summed E-state index contributed by atoms with van der Waals surface area (Å²) in [6.45, 7) is 6.06. The second kappa shape index (κ2) is 11.0. The van der Waals surface area contributed by atoms with Crippen molar-refractivity contribution in [3.05, 3.63) is 12.2 Å². The number of aliphatic carboxylic acids is 1. The SMILES string of the molecule is CCCCCC(C(=O)O)[C@@H]1[C@@H](O)CC[C@@H]1C=CC(C)(O)CCCCC. The maximum absolute atomic E-state index is 11.8. The van der Waals surface area contributed by atoms with E-state index in [1.54, 1.807) is 0 Å². The van der Waals surface area contributed by atoms with E-state index in [1.807, 2.05) is 19.1 Å². The maximum Gasteiger partial charge on any atom is 0.306 e. The minimum atomic E-state index is -0.853. The lowest BCUT2D eigenvalue weighted by molar-refractivity contribution is -0.146. The van der Waals surface area contributed by atoms with Crippen molar-refractivity contribution >= 4 is 5.97 Å². The van der Waals surface area contributed by atoms with Gasteiger partial charge in [0.1, 0.15) is 0 Å². The lowest BCUT2D eigenvalue weighted by Crippen LogP contribution is -2.33. The minimum Gasteiger partial charge on any atom is -0.481 e. The number of carboxylic acids is 1. The molecule has 0 spiro atoms. The Morgan fingerprint density at radius 2 is 1.80 bits per heavy atom. The van der Waals surface area contributed by atoms with Crippen LogP contribution >= 0.6 is 0 Å². The van der Waals surface area contributed by atoms with E-state index in [4.69, 9.17) is 0 Å². The predicted octanol–water partition coefficient (Wildman–Crippen LogP) is 4.54. The average molecular weight is 355 g/mol. The molecule has 0 aromatic carbocycles. The Hall–Kier alpha value is -0.870. The van der Waals surface area contributed by atoms with Crippen molar-refractivity contribution in [1.29, 1.82) is 0 Å². The molecule has 146 valence electrons. The van der Waals surface area contributed by atoms with E-state index >= 15 is 0 Å². The van der Waals surface area contributed by atoms with E-state index in [2.05, 4.69) is 13.8 Å². The first-order chi connectivity index (χ1) is 11.8. The van der Waals surface area contributed by atoms with E-state index in [0.29, 0.717) is 12.8 Å². The Morgan fingerprint density at radius 1 is 1.16 bits per heavy atom. The lowest BCUT2D eigenvalue weighted by atomic mass is 9.79. The second-order valence-electron chi connectivity index (χ2n) is 8.00. The van der Waals surface area contributed by atoms with Crippen molar-refractivity contribution in [2.75, 3.05) is 0 Å². The van der Waals surface area contributed by atoms with E-state index in [9.17, 15) is 20.1 Å². The van der Waals surface area contributed by atoms with Gasteiger partial charge in [0.15, 0.2) is 0 Å². The topological polar surface area (TPSA) is 77.8 Å². The highest BCUT2D eigenvalue weighted by Crippen LogP contribution is 2.40. The zero-order chi connectivity index (χ0) is 18.9. The van der Waals surface area contributed by atoms with Gasteiger partial charge in [-0.15, -0.1) is 0 Å². The molecule has 0 saturated heterocycles. The number of hydrogen-bond donors (Lipinski definition) is 3. The molecule has 0 aromatic rings. The normalized spacial score (nSPS) is 27.5. The molecule has 0 bridgehead atoms. The molecule has 1 aliphatic rings. The van der Waals surface area contributed by atoms with Gasteiger partial charge in [-0.05, 0) is 38.5 Å². The standard InChI is InChI=1S/C21H38O4/c1-4-6-8-10-17(20(23)24)19-16(11-12-18(19)22)13-15-21(3,25)14-9-7-5-2/h13,15-19,22,25H,4-12,14H2,1-3H3,(H,23,24)/t16-,17?,18+,19-,21?/m1/s1. The summed E-state index contributed by atoms with van der Waals surface area (Å²) in [4.78, 5) is 11.8. The number of carbonyl (C=O) groups is 1. The molecule has 5 atom stereocenters. The Bertz CT molecular complexity index is 416. The van der Waals surface area contributed by atoms with Gasteiger partial charge in [-0.1, -0.05) is 64.5 Å². The lowest BCUT2D eigenvalue weighted by Gasteiger charge is -2.27. The highest BCUT2D eigenvalue weighted by molar-refractivity contribution is 5.70. The van der Waals surface area contributed by atoms with Crippen LogP contribution in [0.3, 0.4) is 0 Å². The summed E-state index contributed by atoms with van der Waals surface area (Å²) in [5.41, 5.74) is -0.853. The molecule has 0 radical (unpaired) electrons. The van der Waals surface area contributed by atoms with Crippen LogP contribution in [0, 0.1) is 17.8 Å². The minimum absolute atomic E-state index is 0.0374. The van der Waals surface area contributed by atoms with Crippen LogP contribution in [0.25, 0.3) is 0 Å². The van der Waals surface area contributed by atoms with Crippen molar-refractivity contribution in [3.63, 3.8) is 0 Å². The molecule has 1 saturated carbocycles. The highest BCUT2D eigenvalue weighted by Gasteiger charge is 2.42. The molecule has 0 aromatic heterocycles. The molecule has 1 fully saturated rings. The number of carboxylic acid groups (broad SMARTS) is 1. The van der Waals surface area contributed by atoms with Gasteiger partial charge < -0.3 is 15.3 Å². The van der Waals surface area contributed by atoms with Crippen LogP contribution in [0.2, 0.25) is 0 Å². The molecule has 3 N–H and O–H groups in total. The third-order valence-electron chi connectivity index (χ3n) is 5.62. The van der Waals surface area contributed by atoms with E-state index < -0.39 is 23.6 Å². The smallest absolute Gasteiger partial charge is 0.306 e. The number of rotatable bonds is 12. The highest BCUT2D eigenvalue weighted by atomic mass is 16.4. The summed E-state index contributed by atoms with van der Waals surface area (Å²) < 4.78 is 0. The second-order valence-corrected chi connectivity index (χ2v) is 8.00. The zero-order valence-corrected chi connectivity index (χ0v) is 16.3. The largest absolute Gasteiger partial charge is 0.481 e. The van der Waals surface area contributed by atoms with Crippen LogP contribution in [0.5, 0.6) is 0 Å². The van der Waals surface area contributed by atoms with Gasteiger partial charge in [-0.25, -0.2) is 0 Å². The Balaban J connectivity index is 2.76. The van der Waals surface area contributed by atoms with Crippen molar-refractivity contribution in [3.8, 4) is 0 Å². The van der Waals surface area contributed by atoms with Gasteiger partial charge in [0.2, 0.25) is 0 Å². The summed E-state index contributed by atoms with van der Waals surface area (Å²) in [5.74, 6) is -1.49. The van der Waals surface area contributed by atoms with Crippen LogP contribution in [0.15, 0.2) is 12.2 Å². The van der Waals surface area contributed by atoms with Crippen LogP contribution in [0.4, 0.5) is 0 Å². The third kappa shape index (κ3) is 7.49. The number of aliphatic hydroxyl groups excluding tert-OH is 1. The van der Waals surface area contributed by atoms with Crippen LogP contribution in [-0.2, 0) is 4.79 Å². The van der Waals surface area contributed by atoms with Gasteiger partial charge in [-0.3, -0.25) is 4.79 Å². The Morgan fingerprint density at radius 3 is 2.40 bits per heavy atom. The molecule has 2 unspecified atom stereocenters. The van der Waals surface area contributed by atoms with Crippen LogP contribution in [0.1, 0.15) is 85.0 Å². The summed E-state index contributed by atoms with van der Waals surface area (Å²) in [6.07, 6.45) is 12.2. The summed E-state index contributed by atoms with van der Waals surface area (Å²) in [6, 6.07) is 0. The molecule has 1 aliphatic carbocycles. The van der Waals surface area contributed by atoms with Gasteiger partial charge in [-0.2, -0.15) is 0 Å². The molecule has 0 amide bonds. The fourth-order valence-corrected chi connectivity index (χ4v) is 4.07. The van der Waals surface area contributed by atoms with Crippen molar-refractivity contribution < 1.29 is 20.1 Å². The quantitative estimate of drug-likeness (QED) is 0.355. The molecular formula is C21H38O4. The fraction of sp³-hybridized carbons (Fsp3) is 0.857. The number of hydrogen-bond acceptors (Lipinski definition) is 3. The van der Waals surface area contributed by atoms with Gasteiger partial charge in [0.05, 0.1) is 17.6 Å². The monoisotopic (exact) mass is 354 g/mol. The first-order valence-corrected chi connectivity index (χ1v) is 10.1.